The Kier molecular flexibility index (Phi) is 9.85. The number of likely N-dealkylation sites (N-methyl/N-ethyl adjacent to an activating group) is 1. The highest BCUT2D eigenvalue weighted by Gasteiger charge is 2.40. The van der Waals surface area contributed by atoms with Crippen LogP contribution in [0.25, 0.3) is 11.0 Å². The normalized spacial score (nSPS) is 19.4. The van der Waals surface area contributed by atoms with Gasteiger partial charge in [-0.25, -0.2) is 9.78 Å². The molecule has 0 bridgehead atoms. The largest absolute Gasteiger partial charge is 0.444 e. The summed E-state index contributed by atoms with van der Waals surface area (Å²) >= 11 is 6.18. The first-order valence-corrected chi connectivity index (χ1v) is 15.4. The van der Waals surface area contributed by atoms with E-state index in [1.54, 1.807) is 46.2 Å². The summed E-state index contributed by atoms with van der Waals surface area (Å²) in [6.45, 7) is 9.55. The number of fused-ring (bicyclic) bond motifs is 1. The van der Waals surface area contributed by atoms with E-state index >= 15 is 0 Å². The van der Waals surface area contributed by atoms with E-state index in [1.807, 2.05) is 9.47 Å². The maximum Gasteiger partial charge on any atom is 0.410 e. The van der Waals surface area contributed by atoms with Crippen molar-refractivity contribution >= 4 is 46.3 Å². The smallest absolute Gasteiger partial charge is 0.410 e. The Morgan fingerprint density at radius 2 is 1.83 bits per heavy atom. The van der Waals surface area contributed by atoms with Gasteiger partial charge in [-0.1, -0.05) is 30.9 Å². The number of Topliss-reactive ketones (excluding diaryl/α,β-unsaturated/α-hetero) is 1. The monoisotopic (exact) mass is 601 g/mol. The number of carbonyl (C=O) groups is 4. The van der Waals surface area contributed by atoms with Gasteiger partial charge in [-0.05, 0) is 72.3 Å². The van der Waals surface area contributed by atoms with Crippen LogP contribution in [-0.4, -0.2) is 80.4 Å². The number of halogens is 1. The van der Waals surface area contributed by atoms with E-state index in [2.05, 4.69) is 10.3 Å². The maximum absolute atomic E-state index is 14.2. The third-order valence-electron chi connectivity index (χ3n) is 8.45. The van der Waals surface area contributed by atoms with Crippen LogP contribution >= 0.6 is 11.6 Å². The van der Waals surface area contributed by atoms with Gasteiger partial charge in [-0.3, -0.25) is 19.3 Å². The summed E-state index contributed by atoms with van der Waals surface area (Å²) in [5.74, 6) is -0.528. The second kappa shape index (κ2) is 13.0. The number of nitrogens with one attached hydrogen (secondary N) is 1. The topological polar surface area (TPSA) is 114 Å². The molecule has 230 valence electrons. The molecule has 2 aliphatic rings. The Bertz CT molecular complexity index is 1330. The maximum atomic E-state index is 14.2. The lowest BCUT2D eigenvalue weighted by molar-refractivity contribution is -0.140. The number of aromatic nitrogens is 2. The molecule has 0 unspecified atom stereocenters. The van der Waals surface area contributed by atoms with Gasteiger partial charge < -0.3 is 19.5 Å². The minimum atomic E-state index is -0.817. The molecule has 3 atom stereocenters. The van der Waals surface area contributed by atoms with Crippen LogP contribution in [0.4, 0.5) is 4.79 Å². The van der Waals surface area contributed by atoms with Crippen molar-refractivity contribution in [2.24, 2.45) is 5.92 Å². The molecular formula is C31H44ClN5O5. The summed E-state index contributed by atoms with van der Waals surface area (Å²) < 4.78 is 7.38. The summed E-state index contributed by atoms with van der Waals surface area (Å²) in [6.07, 6.45) is 9.28. The van der Waals surface area contributed by atoms with E-state index in [-0.39, 0.29) is 29.6 Å². The third-order valence-corrected chi connectivity index (χ3v) is 8.66. The fourth-order valence-corrected chi connectivity index (χ4v) is 6.24. The van der Waals surface area contributed by atoms with Crippen molar-refractivity contribution in [2.45, 2.75) is 110 Å². The average Bonchev–Trinajstić information content (AvgIpc) is 3.54. The summed E-state index contributed by atoms with van der Waals surface area (Å²) in [5, 5.41) is 4.20. The first kappa shape index (κ1) is 31.8. The molecule has 0 radical (unpaired) electrons. The van der Waals surface area contributed by atoms with Gasteiger partial charge in [0.25, 0.3) is 0 Å². The highest BCUT2D eigenvalue weighted by atomic mass is 35.5. The first-order chi connectivity index (χ1) is 19.8. The highest BCUT2D eigenvalue weighted by Crippen LogP contribution is 2.31. The van der Waals surface area contributed by atoms with E-state index in [1.165, 1.54) is 18.9 Å². The Labute approximate surface area is 253 Å². The van der Waals surface area contributed by atoms with Crippen LogP contribution in [0.3, 0.4) is 0 Å². The lowest BCUT2D eigenvalue weighted by Gasteiger charge is -2.36. The minimum Gasteiger partial charge on any atom is -0.444 e. The molecule has 2 fully saturated rings. The molecule has 4 rings (SSSR count). The van der Waals surface area contributed by atoms with Crippen molar-refractivity contribution in [1.29, 1.82) is 0 Å². The van der Waals surface area contributed by atoms with Gasteiger partial charge in [-0.2, -0.15) is 0 Å². The number of carbonyl (C=O) groups excluding carboxylic acids is 4. The Morgan fingerprint density at radius 1 is 1.14 bits per heavy atom. The first-order valence-electron chi connectivity index (χ1n) is 15.0. The molecule has 10 nitrogen and oxygen atoms in total. The lowest BCUT2D eigenvalue weighted by atomic mass is 9.83. The third kappa shape index (κ3) is 7.25. The fraction of sp³-hybridized carbons (Fsp3) is 0.645. The molecule has 1 aliphatic heterocycles. The molecule has 1 saturated heterocycles. The molecule has 1 saturated carbocycles. The van der Waals surface area contributed by atoms with Crippen LogP contribution in [-0.2, 0) is 20.9 Å². The van der Waals surface area contributed by atoms with Gasteiger partial charge >= 0.3 is 6.09 Å². The zero-order chi connectivity index (χ0) is 30.8. The highest BCUT2D eigenvalue weighted by molar-refractivity contribution is 6.31. The van der Waals surface area contributed by atoms with E-state index in [9.17, 15) is 19.2 Å². The minimum absolute atomic E-state index is 0.0241. The van der Waals surface area contributed by atoms with Crippen molar-refractivity contribution < 1.29 is 23.9 Å². The molecule has 0 spiro atoms. The van der Waals surface area contributed by atoms with Crippen molar-refractivity contribution in [3.8, 4) is 0 Å². The van der Waals surface area contributed by atoms with Crippen LogP contribution in [0.2, 0.25) is 5.02 Å². The molecule has 3 amide bonds. The predicted octanol–water partition coefficient (Wildman–Crippen LogP) is 5.20. The number of pyridine rings is 1. The number of hydrogen-bond donors (Lipinski definition) is 1. The van der Waals surface area contributed by atoms with Crippen molar-refractivity contribution in [2.75, 3.05) is 13.6 Å². The zero-order valence-electron chi connectivity index (χ0n) is 25.6. The summed E-state index contributed by atoms with van der Waals surface area (Å²) in [7, 11) is 1.53. The van der Waals surface area contributed by atoms with Crippen LogP contribution in [0, 0.1) is 5.92 Å². The number of nitrogens with zero attached hydrogens (tertiary/aromatic N) is 4. The van der Waals surface area contributed by atoms with Crippen LogP contribution < -0.4 is 5.32 Å². The van der Waals surface area contributed by atoms with Crippen LogP contribution in [0.15, 0.2) is 18.5 Å². The molecule has 2 aromatic heterocycles. The van der Waals surface area contributed by atoms with Crippen molar-refractivity contribution in [1.82, 2.24) is 24.7 Å². The number of ketones is 1. The number of hydrogen-bond acceptors (Lipinski definition) is 6. The lowest BCUT2D eigenvalue weighted by Crippen LogP contribution is -2.57. The van der Waals surface area contributed by atoms with Crippen molar-refractivity contribution in [3.63, 3.8) is 0 Å². The molecule has 11 heteroatoms. The van der Waals surface area contributed by atoms with Gasteiger partial charge in [0, 0.05) is 49.5 Å². The number of rotatable bonds is 8. The van der Waals surface area contributed by atoms with E-state index in [4.69, 9.17) is 16.3 Å². The molecule has 0 aromatic carbocycles. The molecule has 1 N–H and O–H groups in total. The van der Waals surface area contributed by atoms with E-state index in [0.717, 1.165) is 44.9 Å². The van der Waals surface area contributed by atoms with E-state index < -0.39 is 23.8 Å². The van der Waals surface area contributed by atoms with Crippen molar-refractivity contribution in [3.05, 3.63) is 29.0 Å². The molecule has 3 heterocycles. The van der Waals surface area contributed by atoms with Gasteiger partial charge in [0.05, 0.1) is 5.02 Å². The number of amides is 3. The Hall–Kier alpha value is -3.14. The summed E-state index contributed by atoms with van der Waals surface area (Å²) in [5.41, 5.74) is 0.511. The molecule has 2 aromatic rings. The second-order valence-corrected chi connectivity index (χ2v) is 13.2. The predicted molar refractivity (Wildman–Crippen MR) is 161 cm³/mol. The SMILES string of the molecule is CC(=O)c1cn(C[C@@H]2CCCN2C(=O)[C@@H](NC(=O)[C@H](C)N(C)C(=O)OC(C)(C)C)C2CCCCC2)c2ncc(Cl)cc12. The molecular weight excluding hydrogens is 558 g/mol. The number of likely N-dealkylation sites (tertiary alicyclic amines) is 1. The molecule has 1 aliphatic carbocycles. The fourth-order valence-electron chi connectivity index (χ4n) is 6.08. The quantitative estimate of drug-likeness (QED) is 0.416. The van der Waals surface area contributed by atoms with Crippen LogP contribution in [0.5, 0.6) is 0 Å². The van der Waals surface area contributed by atoms with Crippen LogP contribution in [0.1, 0.15) is 89.9 Å². The summed E-state index contributed by atoms with van der Waals surface area (Å²) in [6, 6.07) is 0.134. The van der Waals surface area contributed by atoms with E-state index in [0.29, 0.717) is 34.7 Å². The average molecular weight is 602 g/mol. The van der Waals surface area contributed by atoms with Gasteiger partial charge in [0.2, 0.25) is 11.8 Å². The van der Waals surface area contributed by atoms with Gasteiger partial charge in [0.15, 0.2) is 5.78 Å². The second-order valence-electron chi connectivity index (χ2n) is 12.8. The Balaban J connectivity index is 1.54. The van der Waals surface area contributed by atoms with Gasteiger partial charge in [0.1, 0.15) is 23.3 Å². The molecule has 42 heavy (non-hydrogen) atoms. The summed E-state index contributed by atoms with van der Waals surface area (Å²) in [4.78, 5) is 60.3. The zero-order valence-corrected chi connectivity index (χ0v) is 26.4. The van der Waals surface area contributed by atoms with Gasteiger partial charge in [-0.15, -0.1) is 0 Å². The Morgan fingerprint density at radius 3 is 2.48 bits per heavy atom. The standard InChI is InChI=1S/C31H44ClN5O5/c1-19(35(6)30(41)42-31(3,4)5)28(39)34-26(21-11-8-7-9-12-21)29(40)37-14-10-13-23(37)17-36-18-25(20(2)38)24-15-22(32)16-33-27(24)36/h15-16,18-19,21,23,26H,7-14,17H2,1-6H3,(H,34,39)/t19-,23-,26-/m0/s1. The number of ether oxygens (including phenoxy) is 1.